The molecule has 1 saturated heterocycles. The van der Waals surface area contributed by atoms with Gasteiger partial charge in [0.05, 0.1) is 6.04 Å². The van der Waals surface area contributed by atoms with Crippen LogP contribution in [0.1, 0.15) is 92.4 Å². The number of piperazine rings is 1. The smallest absolute Gasteiger partial charge is 0.253 e. The zero-order valence-electron chi connectivity index (χ0n) is 21.7. The van der Waals surface area contributed by atoms with E-state index in [1.165, 1.54) is 50.5 Å². The molecule has 0 bridgehead atoms. The number of aromatic nitrogens is 5. The van der Waals surface area contributed by atoms with Crippen molar-refractivity contribution in [3.8, 4) is 0 Å². The maximum absolute atomic E-state index is 13.6. The second-order valence-corrected chi connectivity index (χ2v) is 11.3. The van der Waals surface area contributed by atoms with Gasteiger partial charge in [0.2, 0.25) is 0 Å². The minimum Gasteiger partial charge on any atom is -0.322 e. The van der Waals surface area contributed by atoms with Gasteiger partial charge in [-0.15, -0.1) is 5.10 Å². The standard InChI is InChI=1S/C28H39N7O/c1-19-16-20(2)23-18-24(28(36)29-25(23)17-19)26(27-30-31-32-35(27)22-10-6-7-11-22)34-14-12-33(13-15-34)21-8-4-3-5-9-21/h16-18,21-22,26H,3-15H2,1-2H3,(H,29,36). The molecule has 0 amide bonds. The molecule has 0 radical (unpaired) electrons. The van der Waals surface area contributed by atoms with Crippen LogP contribution in [0.2, 0.25) is 0 Å². The van der Waals surface area contributed by atoms with E-state index in [1.54, 1.807) is 0 Å². The van der Waals surface area contributed by atoms with Crippen LogP contribution in [0.3, 0.4) is 0 Å². The number of nitrogens with zero attached hydrogens (tertiary/aromatic N) is 6. The van der Waals surface area contributed by atoms with Gasteiger partial charge in [0.15, 0.2) is 5.82 Å². The molecule has 3 heterocycles. The van der Waals surface area contributed by atoms with Crippen LogP contribution in [0.25, 0.3) is 10.9 Å². The highest BCUT2D eigenvalue weighted by Crippen LogP contribution is 2.35. The van der Waals surface area contributed by atoms with Crippen LogP contribution in [-0.2, 0) is 0 Å². The Kier molecular flexibility index (Phi) is 6.65. The van der Waals surface area contributed by atoms with Crippen molar-refractivity contribution < 1.29 is 0 Å². The molecule has 192 valence electrons. The van der Waals surface area contributed by atoms with E-state index in [2.05, 4.69) is 62.4 Å². The van der Waals surface area contributed by atoms with E-state index in [0.717, 1.165) is 72.9 Å². The fraction of sp³-hybridized carbons (Fsp3) is 0.643. The molecule has 1 unspecified atom stereocenters. The predicted octanol–water partition coefficient (Wildman–Crippen LogP) is 4.29. The Morgan fingerprint density at radius 2 is 1.58 bits per heavy atom. The summed E-state index contributed by atoms with van der Waals surface area (Å²) in [5, 5.41) is 14.3. The van der Waals surface area contributed by atoms with Crippen molar-refractivity contribution in [3.05, 3.63) is 51.1 Å². The molecule has 1 atom stereocenters. The summed E-state index contributed by atoms with van der Waals surface area (Å²) < 4.78 is 2.04. The monoisotopic (exact) mass is 489 g/mol. The Morgan fingerprint density at radius 1 is 0.889 bits per heavy atom. The number of aromatic amines is 1. The summed E-state index contributed by atoms with van der Waals surface area (Å²) in [6.07, 6.45) is 11.4. The second-order valence-electron chi connectivity index (χ2n) is 11.3. The van der Waals surface area contributed by atoms with Gasteiger partial charge in [-0.1, -0.05) is 38.2 Å². The molecule has 36 heavy (non-hydrogen) atoms. The highest BCUT2D eigenvalue weighted by Gasteiger charge is 2.36. The average molecular weight is 490 g/mol. The van der Waals surface area contributed by atoms with Crippen LogP contribution in [0.4, 0.5) is 0 Å². The van der Waals surface area contributed by atoms with Crippen LogP contribution in [0.5, 0.6) is 0 Å². The number of pyridine rings is 1. The van der Waals surface area contributed by atoms with Gasteiger partial charge in [0.1, 0.15) is 6.04 Å². The van der Waals surface area contributed by atoms with Crippen molar-refractivity contribution in [1.82, 2.24) is 35.0 Å². The van der Waals surface area contributed by atoms with Gasteiger partial charge in [-0.3, -0.25) is 14.6 Å². The van der Waals surface area contributed by atoms with Gasteiger partial charge in [-0.25, -0.2) is 4.68 Å². The lowest BCUT2D eigenvalue weighted by Crippen LogP contribution is -2.52. The quantitative estimate of drug-likeness (QED) is 0.576. The number of hydrogen-bond acceptors (Lipinski definition) is 6. The van der Waals surface area contributed by atoms with E-state index >= 15 is 0 Å². The first kappa shape index (κ1) is 23.8. The van der Waals surface area contributed by atoms with Crippen molar-refractivity contribution in [2.75, 3.05) is 26.2 Å². The largest absolute Gasteiger partial charge is 0.322 e. The second kappa shape index (κ2) is 10.1. The number of benzene rings is 1. The molecule has 3 aliphatic rings. The SMILES string of the molecule is Cc1cc(C)c2cc(C(c3nnnn3C3CCCC3)N3CCN(C4CCCCC4)CC3)c(=O)[nH]c2c1. The molecule has 0 spiro atoms. The number of hydrogen-bond donors (Lipinski definition) is 1. The molecular weight excluding hydrogens is 450 g/mol. The Balaban J connectivity index is 1.38. The van der Waals surface area contributed by atoms with E-state index in [1.807, 2.05) is 4.68 Å². The minimum absolute atomic E-state index is 0.0341. The van der Waals surface area contributed by atoms with Gasteiger partial charge in [-0.05, 0) is 73.2 Å². The van der Waals surface area contributed by atoms with Crippen LogP contribution in [0.15, 0.2) is 23.0 Å². The third-order valence-corrected chi connectivity index (χ3v) is 8.87. The van der Waals surface area contributed by atoms with Crippen molar-refractivity contribution in [1.29, 1.82) is 0 Å². The van der Waals surface area contributed by atoms with E-state index in [-0.39, 0.29) is 11.6 Å². The Labute approximate surface area is 213 Å². The van der Waals surface area contributed by atoms with Gasteiger partial charge in [0, 0.05) is 48.7 Å². The summed E-state index contributed by atoms with van der Waals surface area (Å²) in [6.45, 7) is 8.11. The fourth-order valence-corrected chi connectivity index (χ4v) is 6.99. The Hall–Kier alpha value is -2.58. The fourth-order valence-electron chi connectivity index (χ4n) is 6.99. The molecular formula is C28H39N7O. The summed E-state index contributed by atoms with van der Waals surface area (Å²) >= 11 is 0. The highest BCUT2D eigenvalue weighted by molar-refractivity contribution is 5.83. The van der Waals surface area contributed by atoms with Gasteiger partial charge >= 0.3 is 0 Å². The Morgan fingerprint density at radius 3 is 2.33 bits per heavy atom. The van der Waals surface area contributed by atoms with E-state index in [0.29, 0.717) is 6.04 Å². The minimum atomic E-state index is -0.247. The molecule has 6 rings (SSSR count). The van der Waals surface area contributed by atoms with Crippen LogP contribution < -0.4 is 5.56 Å². The average Bonchev–Trinajstić information content (AvgIpc) is 3.58. The predicted molar refractivity (Wildman–Crippen MR) is 141 cm³/mol. The van der Waals surface area contributed by atoms with E-state index in [4.69, 9.17) is 0 Å². The topological polar surface area (TPSA) is 82.9 Å². The van der Waals surface area contributed by atoms with Gasteiger partial charge < -0.3 is 4.98 Å². The van der Waals surface area contributed by atoms with Crippen LogP contribution in [0, 0.1) is 13.8 Å². The van der Waals surface area contributed by atoms with Gasteiger partial charge in [0.25, 0.3) is 5.56 Å². The summed E-state index contributed by atoms with van der Waals surface area (Å²) in [6, 6.07) is 7.15. The van der Waals surface area contributed by atoms with E-state index < -0.39 is 0 Å². The third-order valence-electron chi connectivity index (χ3n) is 8.87. The first-order valence-corrected chi connectivity index (χ1v) is 14.0. The molecule has 3 aromatic rings. The number of nitrogens with one attached hydrogen (secondary N) is 1. The number of H-pyrrole nitrogens is 1. The van der Waals surface area contributed by atoms with Crippen molar-refractivity contribution in [2.45, 2.75) is 89.8 Å². The molecule has 2 aliphatic carbocycles. The molecule has 2 aromatic heterocycles. The van der Waals surface area contributed by atoms with Crippen molar-refractivity contribution in [2.24, 2.45) is 0 Å². The first-order valence-electron chi connectivity index (χ1n) is 14.0. The van der Waals surface area contributed by atoms with Crippen molar-refractivity contribution in [3.63, 3.8) is 0 Å². The summed E-state index contributed by atoms with van der Waals surface area (Å²) in [7, 11) is 0. The van der Waals surface area contributed by atoms with Crippen LogP contribution in [-0.4, -0.2) is 67.2 Å². The molecule has 8 nitrogen and oxygen atoms in total. The number of fused-ring (bicyclic) bond motifs is 1. The third kappa shape index (κ3) is 4.50. The molecule has 1 N–H and O–H groups in total. The lowest BCUT2D eigenvalue weighted by molar-refractivity contribution is 0.0613. The summed E-state index contributed by atoms with van der Waals surface area (Å²) in [5.74, 6) is 0.822. The van der Waals surface area contributed by atoms with Crippen molar-refractivity contribution >= 4 is 10.9 Å². The normalized spacial score (nSPS) is 21.9. The van der Waals surface area contributed by atoms with Gasteiger partial charge in [-0.2, -0.15) is 0 Å². The number of aryl methyl sites for hydroxylation is 2. The zero-order valence-corrected chi connectivity index (χ0v) is 21.7. The maximum Gasteiger partial charge on any atom is 0.253 e. The Bertz CT molecular complexity index is 1260. The highest BCUT2D eigenvalue weighted by atomic mass is 16.1. The summed E-state index contributed by atoms with van der Waals surface area (Å²) in [5.41, 5.74) is 3.96. The summed E-state index contributed by atoms with van der Waals surface area (Å²) in [4.78, 5) is 21.9. The molecule has 1 aliphatic heterocycles. The zero-order chi connectivity index (χ0) is 24.6. The molecule has 8 heteroatoms. The number of tetrazole rings is 1. The number of rotatable bonds is 5. The maximum atomic E-state index is 13.6. The molecule has 2 saturated carbocycles. The van der Waals surface area contributed by atoms with E-state index in [9.17, 15) is 4.79 Å². The lowest BCUT2D eigenvalue weighted by Gasteiger charge is -2.43. The lowest BCUT2D eigenvalue weighted by atomic mass is 9.93. The molecule has 1 aromatic carbocycles. The molecule has 3 fully saturated rings. The first-order chi connectivity index (χ1) is 17.6. The van der Waals surface area contributed by atoms with Crippen LogP contribution >= 0.6 is 0 Å².